The summed E-state index contributed by atoms with van der Waals surface area (Å²) >= 11 is 0. The highest BCUT2D eigenvalue weighted by Crippen LogP contribution is 2.70. The predicted molar refractivity (Wildman–Crippen MR) is 156 cm³/mol. The highest BCUT2D eigenvalue weighted by molar-refractivity contribution is 5.85. The molecule has 4 saturated carbocycles. The van der Waals surface area contributed by atoms with E-state index in [9.17, 15) is 20.1 Å². The van der Waals surface area contributed by atoms with Crippen molar-refractivity contribution in [3.8, 4) is 17.2 Å². The van der Waals surface area contributed by atoms with Crippen LogP contribution in [0.25, 0.3) is 0 Å². The summed E-state index contributed by atoms with van der Waals surface area (Å²) in [4.78, 5) is 16.9. The van der Waals surface area contributed by atoms with Crippen LogP contribution in [-0.2, 0) is 16.1 Å². The number of methoxy groups -OCH3 is 3. The third-order valence-electron chi connectivity index (χ3n) is 12.0. The molecule has 8 atom stereocenters. The molecule has 0 amide bonds. The molecule has 230 valence electrons. The van der Waals surface area contributed by atoms with Crippen molar-refractivity contribution >= 4 is 12.2 Å². The van der Waals surface area contributed by atoms with Gasteiger partial charge in [0.1, 0.15) is 6.61 Å². The Morgan fingerprint density at radius 1 is 0.976 bits per heavy atom. The molecule has 6 rings (SSSR count). The van der Waals surface area contributed by atoms with Gasteiger partial charge in [0.15, 0.2) is 11.5 Å². The van der Waals surface area contributed by atoms with Crippen LogP contribution in [0.15, 0.2) is 28.8 Å². The molecule has 1 aromatic rings. The summed E-state index contributed by atoms with van der Waals surface area (Å²) in [7, 11) is 4.74. The molecular weight excluding hydrogens is 538 g/mol. The maximum absolute atomic E-state index is 12.6. The number of aliphatic imine (C=N–C) groups is 1. The van der Waals surface area contributed by atoms with Crippen LogP contribution in [0, 0.1) is 28.6 Å². The fraction of sp³-hybridized carbons (Fsp3) is 0.697. The molecule has 0 aromatic heterocycles. The Morgan fingerprint density at radius 2 is 1.69 bits per heavy atom. The van der Waals surface area contributed by atoms with E-state index in [2.05, 4.69) is 6.92 Å². The number of aliphatic hydroxyl groups excluding tert-OH is 1. The van der Waals surface area contributed by atoms with E-state index in [0.29, 0.717) is 68.9 Å². The lowest BCUT2D eigenvalue weighted by atomic mass is 9.41. The van der Waals surface area contributed by atoms with Crippen LogP contribution in [0.3, 0.4) is 0 Å². The summed E-state index contributed by atoms with van der Waals surface area (Å²) in [6.07, 6.45) is 8.92. The van der Waals surface area contributed by atoms with Gasteiger partial charge < -0.3 is 34.3 Å². The van der Waals surface area contributed by atoms with Gasteiger partial charge in [-0.25, -0.2) is 4.79 Å². The molecule has 9 nitrogen and oxygen atoms in total. The Kier molecular flexibility index (Phi) is 7.38. The van der Waals surface area contributed by atoms with Crippen molar-refractivity contribution in [2.24, 2.45) is 33.6 Å². The molecule has 4 fully saturated rings. The van der Waals surface area contributed by atoms with Gasteiger partial charge in [-0.05, 0) is 92.4 Å². The number of fused-ring (bicyclic) bond motifs is 5. The van der Waals surface area contributed by atoms with Crippen molar-refractivity contribution in [1.29, 1.82) is 0 Å². The van der Waals surface area contributed by atoms with Gasteiger partial charge in [0.05, 0.1) is 45.2 Å². The first-order valence-electron chi connectivity index (χ1n) is 15.3. The lowest BCUT2D eigenvalue weighted by molar-refractivity contribution is -0.237. The van der Waals surface area contributed by atoms with Crippen molar-refractivity contribution in [1.82, 2.24) is 0 Å². The second kappa shape index (κ2) is 10.5. The van der Waals surface area contributed by atoms with Crippen LogP contribution in [0.4, 0.5) is 0 Å². The zero-order chi connectivity index (χ0) is 29.9. The standard InChI is InChI=1S/C33H45NO8/c1-30-9-6-24-25(33(30,38)12-8-23(30)21-15-28(36)42-18-21)7-11-32(37)16-22(35)5-10-31(24,32)19-34-17-20-13-26(39-2)29(41-4)27(14-20)40-3/h13-15,19,22-25,35,37-38H,5-12,16-18H2,1-4H3/t22-,23+,24-,25+,30+,31-,32-,33+/m0/s1. The molecule has 1 heterocycles. The average Bonchev–Trinajstić information content (AvgIpc) is 3.51. The minimum Gasteiger partial charge on any atom is -0.493 e. The number of aliphatic hydroxyl groups is 3. The zero-order valence-electron chi connectivity index (χ0n) is 25.2. The van der Waals surface area contributed by atoms with E-state index >= 15 is 0 Å². The maximum Gasteiger partial charge on any atom is 0.331 e. The van der Waals surface area contributed by atoms with Crippen molar-refractivity contribution in [3.05, 3.63) is 29.3 Å². The molecule has 3 N–H and O–H groups in total. The Hall–Kier alpha value is -2.62. The fourth-order valence-corrected chi connectivity index (χ4v) is 9.90. The summed E-state index contributed by atoms with van der Waals surface area (Å²) in [5.74, 6) is 1.48. The zero-order valence-corrected chi connectivity index (χ0v) is 25.2. The van der Waals surface area contributed by atoms with E-state index in [0.717, 1.165) is 30.4 Å². The van der Waals surface area contributed by atoms with E-state index in [4.69, 9.17) is 23.9 Å². The van der Waals surface area contributed by atoms with Crippen molar-refractivity contribution in [3.63, 3.8) is 0 Å². The minimum atomic E-state index is -1.10. The highest BCUT2D eigenvalue weighted by atomic mass is 16.5. The van der Waals surface area contributed by atoms with Gasteiger partial charge in [-0.15, -0.1) is 0 Å². The summed E-state index contributed by atoms with van der Waals surface area (Å²) < 4.78 is 21.8. The molecular formula is C33H45NO8. The maximum atomic E-state index is 12.6. The first kappa shape index (κ1) is 29.5. The number of benzene rings is 1. The summed E-state index contributed by atoms with van der Waals surface area (Å²) in [6.45, 7) is 2.88. The molecule has 1 aliphatic heterocycles. The van der Waals surface area contributed by atoms with Gasteiger partial charge >= 0.3 is 5.97 Å². The van der Waals surface area contributed by atoms with E-state index in [1.165, 1.54) is 0 Å². The summed E-state index contributed by atoms with van der Waals surface area (Å²) in [6, 6.07) is 3.77. The van der Waals surface area contributed by atoms with Gasteiger partial charge in [0, 0.05) is 29.5 Å². The van der Waals surface area contributed by atoms with Gasteiger partial charge in [-0.3, -0.25) is 4.99 Å². The van der Waals surface area contributed by atoms with Gasteiger partial charge in [-0.1, -0.05) is 6.92 Å². The van der Waals surface area contributed by atoms with Gasteiger partial charge in [-0.2, -0.15) is 0 Å². The largest absolute Gasteiger partial charge is 0.493 e. The molecule has 0 bridgehead atoms. The fourth-order valence-electron chi connectivity index (χ4n) is 9.90. The van der Waals surface area contributed by atoms with Crippen LogP contribution < -0.4 is 14.2 Å². The first-order chi connectivity index (χ1) is 20.0. The molecule has 5 aliphatic rings. The molecule has 0 unspecified atom stereocenters. The molecule has 9 heteroatoms. The summed E-state index contributed by atoms with van der Waals surface area (Å²) in [5.41, 5.74) is -1.14. The second-order valence-corrected chi connectivity index (χ2v) is 13.5. The molecule has 0 saturated heterocycles. The Labute approximate surface area is 247 Å². The van der Waals surface area contributed by atoms with Crippen molar-refractivity contribution in [2.45, 2.75) is 88.6 Å². The number of nitrogens with zero attached hydrogens (tertiary/aromatic N) is 1. The smallest absolute Gasteiger partial charge is 0.331 e. The number of esters is 1. The SMILES string of the molecule is COc1cc(CN=C[C@]23CC[C@H](O)C[C@@]2(O)CC[C@@H]2[C@@H]3CC[C@]3(C)[C@@H](C4=CC(=O)OC4)CC[C@@]23O)cc(OC)c1OC. The van der Waals surface area contributed by atoms with Crippen LogP contribution in [-0.4, -0.2) is 72.7 Å². The van der Waals surface area contributed by atoms with Gasteiger partial charge in [0.25, 0.3) is 0 Å². The number of hydrogen-bond acceptors (Lipinski definition) is 9. The Bertz CT molecular complexity index is 1270. The molecule has 0 radical (unpaired) electrons. The van der Waals surface area contributed by atoms with Crippen LogP contribution in [0.1, 0.15) is 70.3 Å². The van der Waals surface area contributed by atoms with Crippen LogP contribution >= 0.6 is 0 Å². The van der Waals surface area contributed by atoms with Crippen molar-refractivity contribution in [2.75, 3.05) is 27.9 Å². The second-order valence-electron chi connectivity index (χ2n) is 13.5. The quantitative estimate of drug-likeness (QED) is 0.325. The molecule has 4 aliphatic carbocycles. The Balaban J connectivity index is 1.34. The summed E-state index contributed by atoms with van der Waals surface area (Å²) in [5, 5.41) is 35.5. The average molecular weight is 584 g/mol. The van der Waals surface area contributed by atoms with E-state index in [1.54, 1.807) is 27.4 Å². The number of rotatable bonds is 7. The molecule has 42 heavy (non-hydrogen) atoms. The molecule has 0 spiro atoms. The lowest BCUT2D eigenvalue weighted by Gasteiger charge is -2.65. The van der Waals surface area contributed by atoms with Crippen molar-refractivity contribution < 1.29 is 39.1 Å². The Morgan fingerprint density at radius 3 is 2.33 bits per heavy atom. The first-order valence-corrected chi connectivity index (χ1v) is 15.3. The number of hydrogen-bond donors (Lipinski definition) is 3. The van der Waals surface area contributed by atoms with E-state index < -0.39 is 22.7 Å². The monoisotopic (exact) mass is 583 g/mol. The van der Waals surface area contributed by atoms with E-state index in [-0.39, 0.29) is 29.1 Å². The third kappa shape index (κ3) is 4.21. The number of cyclic esters (lactones) is 1. The predicted octanol–water partition coefficient (Wildman–Crippen LogP) is 4.00. The number of carbonyl (C=O) groups is 1. The third-order valence-corrected chi connectivity index (χ3v) is 12.0. The van der Waals surface area contributed by atoms with E-state index in [1.807, 2.05) is 18.3 Å². The van der Waals surface area contributed by atoms with Gasteiger partial charge in [0.2, 0.25) is 5.75 Å². The number of carbonyl (C=O) groups excluding carboxylic acids is 1. The lowest BCUT2D eigenvalue weighted by Crippen LogP contribution is -2.68. The van der Waals surface area contributed by atoms with Crippen LogP contribution in [0.5, 0.6) is 17.2 Å². The molecule has 1 aromatic carbocycles. The minimum absolute atomic E-state index is 0.0111. The normalized spacial score (nSPS) is 41.0. The highest BCUT2D eigenvalue weighted by Gasteiger charge is 2.71. The topological polar surface area (TPSA) is 127 Å². The van der Waals surface area contributed by atoms with Crippen LogP contribution in [0.2, 0.25) is 0 Å². The number of ether oxygens (including phenoxy) is 4.